The maximum Gasteiger partial charge on any atom is 0.508 e. The van der Waals surface area contributed by atoms with E-state index in [1.807, 2.05) is 6.07 Å². The number of rotatable bonds is 6. The Labute approximate surface area is 111 Å². The Morgan fingerprint density at radius 2 is 2.00 bits per heavy atom. The number of cyclic esters (lactones) is 2. The SMILES string of the molecule is O=C1OCC(CCOS(=O)(=O)Cc2ccccc2)O1. The first-order valence-electron chi connectivity index (χ1n) is 5.79. The van der Waals surface area contributed by atoms with Gasteiger partial charge < -0.3 is 9.47 Å². The van der Waals surface area contributed by atoms with Crippen LogP contribution in [0.25, 0.3) is 0 Å². The van der Waals surface area contributed by atoms with Crippen LogP contribution in [0.5, 0.6) is 0 Å². The molecule has 1 aromatic carbocycles. The van der Waals surface area contributed by atoms with Crippen LogP contribution in [-0.2, 0) is 29.5 Å². The molecule has 1 saturated heterocycles. The van der Waals surface area contributed by atoms with Crippen molar-refractivity contribution in [2.45, 2.75) is 18.3 Å². The van der Waals surface area contributed by atoms with Crippen LogP contribution >= 0.6 is 0 Å². The molecule has 0 saturated carbocycles. The van der Waals surface area contributed by atoms with E-state index in [0.29, 0.717) is 12.0 Å². The van der Waals surface area contributed by atoms with Crippen molar-refractivity contribution in [2.75, 3.05) is 13.2 Å². The number of ether oxygens (including phenoxy) is 2. The Balaban J connectivity index is 1.77. The van der Waals surface area contributed by atoms with E-state index < -0.39 is 22.4 Å². The molecule has 1 heterocycles. The largest absolute Gasteiger partial charge is 0.508 e. The van der Waals surface area contributed by atoms with E-state index in [1.165, 1.54) is 0 Å². The molecule has 1 unspecified atom stereocenters. The van der Waals surface area contributed by atoms with Crippen LogP contribution in [0.2, 0.25) is 0 Å². The van der Waals surface area contributed by atoms with Crippen molar-refractivity contribution in [3.05, 3.63) is 35.9 Å². The van der Waals surface area contributed by atoms with Crippen LogP contribution in [0.15, 0.2) is 30.3 Å². The molecule has 0 amide bonds. The Bertz CT molecular complexity index is 524. The first-order chi connectivity index (χ1) is 9.05. The molecule has 1 aromatic rings. The summed E-state index contributed by atoms with van der Waals surface area (Å²) in [5.41, 5.74) is 0.665. The summed E-state index contributed by atoms with van der Waals surface area (Å²) in [6.45, 7) is 0.109. The van der Waals surface area contributed by atoms with E-state index in [1.54, 1.807) is 24.3 Å². The molecule has 1 aliphatic rings. The Hall–Kier alpha value is -1.60. The molecule has 104 valence electrons. The predicted molar refractivity (Wildman–Crippen MR) is 65.9 cm³/mol. The highest BCUT2D eigenvalue weighted by Gasteiger charge is 2.25. The molecule has 0 spiro atoms. The van der Waals surface area contributed by atoms with E-state index in [0.717, 1.165) is 0 Å². The number of carbonyl (C=O) groups excluding carboxylic acids is 1. The third-order valence-electron chi connectivity index (χ3n) is 2.54. The minimum absolute atomic E-state index is 0.0313. The van der Waals surface area contributed by atoms with Crippen molar-refractivity contribution in [2.24, 2.45) is 0 Å². The van der Waals surface area contributed by atoms with Crippen LogP contribution in [0.1, 0.15) is 12.0 Å². The molecule has 0 N–H and O–H groups in total. The van der Waals surface area contributed by atoms with Gasteiger partial charge in [0.15, 0.2) is 0 Å². The molecule has 0 bridgehead atoms. The fourth-order valence-corrected chi connectivity index (χ4v) is 2.67. The topological polar surface area (TPSA) is 78.9 Å². The van der Waals surface area contributed by atoms with Crippen molar-refractivity contribution < 1.29 is 26.9 Å². The number of benzene rings is 1. The molecule has 6 nitrogen and oxygen atoms in total. The Morgan fingerprint density at radius 1 is 1.26 bits per heavy atom. The van der Waals surface area contributed by atoms with Crippen molar-refractivity contribution in [3.8, 4) is 0 Å². The van der Waals surface area contributed by atoms with Gasteiger partial charge in [0.1, 0.15) is 18.5 Å². The Kier molecular flexibility index (Phi) is 4.39. The second-order valence-corrected chi connectivity index (χ2v) is 5.74. The normalized spacial score (nSPS) is 18.9. The second-order valence-electron chi connectivity index (χ2n) is 4.10. The third kappa shape index (κ3) is 4.53. The summed E-state index contributed by atoms with van der Waals surface area (Å²) in [5.74, 6) is -0.172. The lowest BCUT2D eigenvalue weighted by Gasteiger charge is -2.08. The van der Waals surface area contributed by atoms with Gasteiger partial charge in [0, 0.05) is 6.42 Å². The zero-order chi connectivity index (χ0) is 13.7. The maximum absolute atomic E-state index is 11.7. The highest BCUT2D eigenvalue weighted by atomic mass is 32.2. The van der Waals surface area contributed by atoms with Crippen LogP contribution in [0.4, 0.5) is 4.79 Å². The van der Waals surface area contributed by atoms with Gasteiger partial charge in [-0.1, -0.05) is 30.3 Å². The van der Waals surface area contributed by atoms with E-state index in [4.69, 9.17) is 8.92 Å². The van der Waals surface area contributed by atoms with Crippen LogP contribution in [-0.4, -0.2) is 33.9 Å². The molecule has 1 fully saturated rings. The van der Waals surface area contributed by atoms with Gasteiger partial charge in [-0.15, -0.1) is 0 Å². The predicted octanol–water partition coefficient (Wildman–Crippen LogP) is 1.46. The molecular weight excluding hydrogens is 272 g/mol. The molecule has 1 aliphatic heterocycles. The van der Waals surface area contributed by atoms with E-state index >= 15 is 0 Å². The van der Waals surface area contributed by atoms with E-state index in [-0.39, 0.29) is 19.0 Å². The zero-order valence-electron chi connectivity index (χ0n) is 10.2. The monoisotopic (exact) mass is 286 g/mol. The zero-order valence-corrected chi connectivity index (χ0v) is 11.0. The van der Waals surface area contributed by atoms with Gasteiger partial charge in [0.05, 0.1) is 6.61 Å². The first-order valence-corrected chi connectivity index (χ1v) is 7.37. The Morgan fingerprint density at radius 3 is 2.63 bits per heavy atom. The summed E-state index contributed by atoms with van der Waals surface area (Å²) in [4.78, 5) is 10.7. The molecule has 0 aliphatic carbocycles. The third-order valence-corrected chi connectivity index (χ3v) is 3.75. The number of hydrogen-bond acceptors (Lipinski definition) is 6. The number of carbonyl (C=O) groups is 1. The van der Waals surface area contributed by atoms with Gasteiger partial charge in [-0.3, -0.25) is 4.18 Å². The average Bonchev–Trinajstić information content (AvgIpc) is 2.75. The van der Waals surface area contributed by atoms with Crippen LogP contribution < -0.4 is 0 Å². The highest BCUT2D eigenvalue weighted by molar-refractivity contribution is 7.85. The standard InChI is InChI=1S/C12H14O6S/c13-12-16-8-11(18-12)6-7-17-19(14,15)9-10-4-2-1-3-5-10/h1-5,11H,6-9H2. The lowest BCUT2D eigenvalue weighted by Crippen LogP contribution is -2.16. The van der Waals surface area contributed by atoms with Crippen molar-refractivity contribution in [1.29, 1.82) is 0 Å². The summed E-state index contributed by atoms with van der Waals surface area (Å²) >= 11 is 0. The molecule has 0 aromatic heterocycles. The fraction of sp³-hybridized carbons (Fsp3) is 0.417. The lowest BCUT2D eigenvalue weighted by atomic mass is 10.2. The molecule has 7 heteroatoms. The molecule has 0 radical (unpaired) electrons. The molecule has 2 rings (SSSR count). The molecular formula is C12H14O6S. The maximum atomic E-state index is 11.7. The molecule has 1 atom stereocenters. The number of hydrogen-bond donors (Lipinski definition) is 0. The highest BCUT2D eigenvalue weighted by Crippen LogP contribution is 2.12. The van der Waals surface area contributed by atoms with Gasteiger partial charge >= 0.3 is 6.16 Å². The fourth-order valence-electron chi connectivity index (χ4n) is 1.63. The van der Waals surface area contributed by atoms with Gasteiger partial charge in [0.2, 0.25) is 0 Å². The first kappa shape index (κ1) is 13.8. The van der Waals surface area contributed by atoms with Gasteiger partial charge in [0.25, 0.3) is 10.1 Å². The minimum atomic E-state index is -3.62. The lowest BCUT2D eigenvalue weighted by molar-refractivity contribution is 0.111. The van der Waals surface area contributed by atoms with Crippen LogP contribution in [0, 0.1) is 0 Å². The van der Waals surface area contributed by atoms with Crippen molar-refractivity contribution in [3.63, 3.8) is 0 Å². The quantitative estimate of drug-likeness (QED) is 0.582. The van der Waals surface area contributed by atoms with Gasteiger partial charge in [-0.2, -0.15) is 8.42 Å². The van der Waals surface area contributed by atoms with Crippen molar-refractivity contribution in [1.82, 2.24) is 0 Å². The second kappa shape index (κ2) is 6.03. The van der Waals surface area contributed by atoms with E-state index in [2.05, 4.69) is 4.74 Å². The van der Waals surface area contributed by atoms with Gasteiger partial charge in [-0.25, -0.2) is 4.79 Å². The van der Waals surface area contributed by atoms with Gasteiger partial charge in [-0.05, 0) is 5.56 Å². The summed E-state index contributed by atoms with van der Waals surface area (Å²) in [7, 11) is -3.62. The van der Waals surface area contributed by atoms with E-state index in [9.17, 15) is 13.2 Å². The van der Waals surface area contributed by atoms with Crippen molar-refractivity contribution >= 4 is 16.3 Å². The smallest absolute Gasteiger partial charge is 0.430 e. The molecule has 19 heavy (non-hydrogen) atoms. The summed E-state index contributed by atoms with van der Waals surface area (Å²) in [5, 5.41) is 0. The average molecular weight is 286 g/mol. The minimum Gasteiger partial charge on any atom is -0.430 e. The summed E-state index contributed by atoms with van der Waals surface area (Å²) in [6.07, 6.45) is -0.865. The van der Waals surface area contributed by atoms with Crippen LogP contribution in [0.3, 0.4) is 0 Å². The summed E-state index contributed by atoms with van der Waals surface area (Å²) in [6, 6.07) is 8.77. The summed E-state index contributed by atoms with van der Waals surface area (Å²) < 4.78 is 37.5.